The van der Waals surface area contributed by atoms with E-state index in [1.165, 1.54) is 16.7 Å². The van der Waals surface area contributed by atoms with Crippen molar-refractivity contribution in [2.75, 3.05) is 31.2 Å². The van der Waals surface area contributed by atoms with Gasteiger partial charge in [0.25, 0.3) is 5.91 Å². The minimum atomic E-state index is -0.572. The largest absolute Gasteiger partial charge is 0.378 e. The number of rotatable bonds is 4. The number of ether oxygens (including phenoxy) is 1. The zero-order chi connectivity index (χ0) is 20.4. The summed E-state index contributed by atoms with van der Waals surface area (Å²) >= 11 is 7.17. The summed E-state index contributed by atoms with van der Waals surface area (Å²) in [6.45, 7) is 2.13. The van der Waals surface area contributed by atoms with Gasteiger partial charge in [-0.05, 0) is 36.4 Å². The number of benzene rings is 2. The molecule has 0 bridgehead atoms. The number of carbonyl (C=O) groups is 3. The summed E-state index contributed by atoms with van der Waals surface area (Å²) in [4.78, 5) is 42.0. The van der Waals surface area contributed by atoms with E-state index in [0.29, 0.717) is 47.5 Å². The number of carbonyl (C=O) groups excluding carboxylic acids is 3. The highest BCUT2D eigenvalue weighted by Crippen LogP contribution is 2.36. The maximum Gasteiger partial charge on any atom is 0.255 e. The molecule has 2 fully saturated rings. The van der Waals surface area contributed by atoms with Crippen molar-refractivity contribution in [3.8, 4) is 0 Å². The summed E-state index contributed by atoms with van der Waals surface area (Å²) in [6.07, 6.45) is 0.0895. The first-order valence-electron chi connectivity index (χ1n) is 9.29. The number of anilines is 1. The molecular weight excluding hydrogens is 412 g/mol. The lowest BCUT2D eigenvalue weighted by Crippen LogP contribution is -2.40. The quantitative estimate of drug-likeness (QED) is 0.696. The highest BCUT2D eigenvalue weighted by atomic mass is 35.5. The number of thioether (sulfide) groups is 1. The van der Waals surface area contributed by atoms with Crippen LogP contribution >= 0.6 is 23.4 Å². The van der Waals surface area contributed by atoms with Crippen molar-refractivity contribution < 1.29 is 19.1 Å². The third kappa shape index (κ3) is 4.17. The van der Waals surface area contributed by atoms with E-state index in [2.05, 4.69) is 0 Å². The molecule has 2 saturated heterocycles. The molecule has 0 N–H and O–H groups in total. The van der Waals surface area contributed by atoms with Crippen molar-refractivity contribution in [3.63, 3.8) is 0 Å². The first kappa shape index (κ1) is 19.9. The van der Waals surface area contributed by atoms with Crippen molar-refractivity contribution in [1.82, 2.24) is 4.90 Å². The summed E-state index contributed by atoms with van der Waals surface area (Å²) in [5, 5.41) is -0.0360. The first-order chi connectivity index (χ1) is 14.0. The molecule has 2 aromatic rings. The van der Waals surface area contributed by atoms with E-state index in [1.54, 1.807) is 41.3 Å². The third-order valence-electron chi connectivity index (χ3n) is 4.88. The molecule has 150 valence electrons. The number of imide groups is 1. The molecule has 0 saturated carbocycles. The second-order valence-corrected chi connectivity index (χ2v) is 8.44. The van der Waals surface area contributed by atoms with Crippen LogP contribution in [0.5, 0.6) is 0 Å². The van der Waals surface area contributed by atoms with E-state index in [4.69, 9.17) is 16.3 Å². The van der Waals surface area contributed by atoms with Crippen LogP contribution in [0, 0.1) is 0 Å². The minimum Gasteiger partial charge on any atom is -0.378 e. The summed E-state index contributed by atoms with van der Waals surface area (Å²) < 4.78 is 5.32. The predicted molar refractivity (Wildman–Crippen MR) is 111 cm³/mol. The molecule has 4 rings (SSSR count). The number of nitrogens with zero attached hydrogens (tertiary/aromatic N) is 2. The van der Waals surface area contributed by atoms with E-state index in [-0.39, 0.29) is 24.1 Å². The Hall–Kier alpha value is -2.35. The van der Waals surface area contributed by atoms with Gasteiger partial charge in [0.2, 0.25) is 11.8 Å². The van der Waals surface area contributed by atoms with Gasteiger partial charge < -0.3 is 9.64 Å². The fraction of sp³-hybridized carbons (Fsp3) is 0.286. The fourth-order valence-electron chi connectivity index (χ4n) is 3.39. The van der Waals surface area contributed by atoms with E-state index >= 15 is 0 Å². The number of halogens is 1. The molecule has 2 aliphatic heterocycles. The summed E-state index contributed by atoms with van der Waals surface area (Å²) in [5.41, 5.74) is 1.05. The summed E-state index contributed by atoms with van der Waals surface area (Å²) in [6, 6.07) is 13.8. The third-order valence-corrected chi connectivity index (χ3v) is 6.39. The van der Waals surface area contributed by atoms with Crippen molar-refractivity contribution in [3.05, 3.63) is 59.1 Å². The molecule has 0 aliphatic carbocycles. The van der Waals surface area contributed by atoms with Gasteiger partial charge in [0, 0.05) is 29.4 Å². The van der Waals surface area contributed by atoms with E-state index in [0.717, 1.165) is 0 Å². The van der Waals surface area contributed by atoms with Crippen molar-refractivity contribution in [2.24, 2.45) is 0 Å². The van der Waals surface area contributed by atoms with Crippen LogP contribution in [0.1, 0.15) is 16.8 Å². The molecule has 2 aromatic carbocycles. The zero-order valence-electron chi connectivity index (χ0n) is 15.5. The van der Waals surface area contributed by atoms with Gasteiger partial charge in [0.15, 0.2) is 0 Å². The lowest BCUT2D eigenvalue weighted by Gasteiger charge is -2.27. The maximum absolute atomic E-state index is 12.9. The molecular formula is C21H19ClN2O4S. The molecule has 1 atom stereocenters. The average Bonchev–Trinajstić information content (AvgIpc) is 3.02. The van der Waals surface area contributed by atoms with Crippen molar-refractivity contribution in [2.45, 2.75) is 16.6 Å². The molecule has 0 spiro atoms. The number of morpholine rings is 1. The highest BCUT2D eigenvalue weighted by Gasteiger charge is 2.40. The van der Waals surface area contributed by atoms with Crippen LogP contribution in [0.3, 0.4) is 0 Å². The molecule has 6 nitrogen and oxygen atoms in total. The Balaban J connectivity index is 1.54. The van der Waals surface area contributed by atoms with Crippen LogP contribution in [-0.4, -0.2) is 54.2 Å². The normalized spacial score (nSPS) is 19.7. The monoisotopic (exact) mass is 430 g/mol. The predicted octanol–water partition coefficient (Wildman–Crippen LogP) is 3.24. The van der Waals surface area contributed by atoms with Gasteiger partial charge in [0.05, 0.1) is 29.7 Å². The van der Waals surface area contributed by atoms with Gasteiger partial charge >= 0.3 is 0 Å². The molecule has 2 aliphatic rings. The van der Waals surface area contributed by atoms with Crippen LogP contribution < -0.4 is 4.90 Å². The Morgan fingerprint density at radius 2 is 1.72 bits per heavy atom. The molecule has 2 heterocycles. The molecule has 8 heteroatoms. The molecule has 0 aromatic heterocycles. The lowest BCUT2D eigenvalue weighted by molar-refractivity contribution is -0.121. The number of hydrogen-bond donors (Lipinski definition) is 0. The van der Waals surface area contributed by atoms with E-state index in [1.807, 2.05) is 12.1 Å². The Morgan fingerprint density at radius 3 is 2.45 bits per heavy atom. The number of amides is 3. The van der Waals surface area contributed by atoms with E-state index in [9.17, 15) is 14.4 Å². The van der Waals surface area contributed by atoms with Crippen molar-refractivity contribution in [1.29, 1.82) is 0 Å². The van der Waals surface area contributed by atoms with Crippen LogP contribution in [0.25, 0.3) is 0 Å². The first-order valence-corrected chi connectivity index (χ1v) is 10.6. The van der Waals surface area contributed by atoms with Crippen LogP contribution in [0.2, 0.25) is 5.02 Å². The maximum atomic E-state index is 12.9. The van der Waals surface area contributed by atoms with Gasteiger partial charge in [-0.3, -0.25) is 14.4 Å². The Labute approximate surface area is 177 Å². The highest BCUT2D eigenvalue weighted by molar-refractivity contribution is 8.00. The van der Waals surface area contributed by atoms with Gasteiger partial charge in [-0.15, -0.1) is 11.8 Å². The second kappa shape index (κ2) is 8.57. The SMILES string of the molecule is O=C(c1ccccc1S[C@@H]1CC(=O)N(c2ccc(Cl)cc2)C1=O)N1CCOCC1. The van der Waals surface area contributed by atoms with Crippen LogP contribution in [-0.2, 0) is 14.3 Å². The second-order valence-electron chi connectivity index (χ2n) is 6.76. The summed E-state index contributed by atoms with van der Waals surface area (Å²) in [5.74, 6) is -0.620. The van der Waals surface area contributed by atoms with Gasteiger partial charge in [-0.2, -0.15) is 0 Å². The zero-order valence-corrected chi connectivity index (χ0v) is 17.1. The average molecular weight is 431 g/mol. The van der Waals surface area contributed by atoms with Gasteiger partial charge in [-0.1, -0.05) is 23.7 Å². The standard InChI is InChI=1S/C21H19ClN2O4S/c22-14-5-7-15(8-6-14)24-19(25)13-18(21(24)27)29-17-4-2-1-3-16(17)20(26)23-9-11-28-12-10-23/h1-8,18H,9-13H2/t18-/m1/s1. The van der Waals surface area contributed by atoms with E-state index < -0.39 is 5.25 Å². The smallest absolute Gasteiger partial charge is 0.255 e. The molecule has 0 radical (unpaired) electrons. The van der Waals surface area contributed by atoms with Crippen LogP contribution in [0.4, 0.5) is 5.69 Å². The number of hydrogen-bond acceptors (Lipinski definition) is 5. The molecule has 29 heavy (non-hydrogen) atoms. The Bertz CT molecular complexity index is 944. The van der Waals surface area contributed by atoms with Crippen molar-refractivity contribution >= 4 is 46.8 Å². The fourth-order valence-corrected chi connectivity index (χ4v) is 4.70. The topological polar surface area (TPSA) is 66.9 Å². The molecule has 3 amide bonds. The van der Waals surface area contributed by atoms with Gasteiger partial charge in [0.1, 0.15) is 0 Å². The summed E-state index contributed by atoms with van der Waals surface area (Å²) in [7, 11) is 0. The lowest BCUT2D eigenvalue weighted by atomic mass is 10.2. The minimum absolute atomic E-state index is 0.0808. The molecule has 0 unspecified atom stereocenters. The Morgan fingerprint density at radius 1 is 1.03 bits per heavy atom. The van der Waals surface area contributed by atoms with Crippen LogP contribution in [0.15, 0.2) is 53.4 Å². The Kier molecular flexibility index (Phi) is 5.89. The van der Waals surface area contributed by atoms with Gasteiger partial charge in [-0.25, -0.2) is 4.90 Å².